The fraction of sp³-hybridized carbons (Fsp3) is 0.333. The van der Waals surface area contributed by atoms with Gasteiger partial charge in [0.25, 0.3) is 5.89 Å². The number of furan rings is 1. The van der Waals surface area contributed by atoms with Gasteiger partial charge in [0.1, 0.15) is 11.5 Å². The summed E-state index contributed by atoms with van der Waals surface area (Å²) in [5.74, 6) is 2.80. The first-order chi connectivity index (χ1) is 11.1. The number of nitrogens with zero attached hydrogens (tertiary/aromatic N) is 3. The first kappa shape index (κ1) is 14.1. The van der Waals surface area contributed by atoms with Crippen LogP contribution in [0.5, 0.6) is 0 Å². The Hall–Kier alpha value is -2.56. The van der Waals surface area contributed by atoms with E-state index in [0.29, 0.717) is 24.4 Å². The van der Waals surface area contributed by atoms with E-state index < -0.39 is 0 Å². The Bertz CT molecular complexity index is 850. The molecule has 0 saturated carbocycles. The predicted molar refractivity (Wildman–Crippen MR) is 87.3 cm³/mol. The van der Waals surface area contributed by atoms with E-state index in [2.05, 4.69) is 46.3 Å². The quantitative estimate of drug-likeness (QED) is 0.734. The van der Waals surface area contributed by atoms with Gasteiger partial charge < -0.3 is 13.7 Å². The van der Waals surface area contributed by atoms with E-state index in [1.165, 1.54) is 11.3 Å². The molecule has 118 valence electrons. The molecule has 0 spiro atoms. The van der Waals surface area contributed by atoms with Crippen LogP contribution in [0.2, 0.25) is 0 Å². The van der Waals surface area contributed by atoms with E-state index in [-0.39, 0.29) is 0 Å². The molecule has 0 aliphatic carbocycles. The fourth-order valence-corrected chi connectivity index (χ4v) is 3.29. The van der Waals surface area contributed by atoms with Crippen LogP contribution in [0.1, 0.15) is 29.9 Å². The van der Waals surface area contributed by atoms with E-state index in [4.69, 9.17) is 8.83 Å². The second-order valence-electron chi connectivity index (χ2n) is 6.14. The van der Waals surface area contributed by atoms with E-state index in [1.807, 2.05) is 19.9 Å². The summed E-state index contributed by atoms with van der Waals surface area (Å²) in [6.45, 7) is 6.67. The molecule has 4 rings (SSSR count). The van der Waals surface area contributed by atoms with Crippen molar-refractivity contribution in [3.05, 3.63) is 53.3 Å². The number of para-hydroxylation sites is 1. The predicted octanol–water partition coefficient (Wildman–Crippen LogP) is 3.90. The van der Waals surface area contributed by atoms with Crippen molar-refractivity contribution in [2.75, 3.05) is 4.90 Å². The Morgan fingerprint density at radius 3 is 2.78 bits per heavy atom. The zero-order chi connectivity index (χ0) is 16.0. The van der Waals surface area contributed by atoms with Crippen molar-refractivity contribution >= 4 is 5.69 Å². The van der Waals surface area contributed by atoms with Crippen molar-refractivity contribution in [3.63, 3.8) is 0 Å². The summed E-state index contributed by atoms with van der Waals surface area (Å²) in [6.07, 6.45) is 1.05. The maximum absolute atomic E-state index is 5.87. The zero-order valence-corrected chi connectivity index (χ0v) is 13.5. The van der Waals surface area contributed by atoms with Crippen molar-refractivity contribution in [1.82, 2.24) is 10.2 Å². The number of aryl methyl sites for hydroxylation is 2. The molecule has 1 aliphatic rings. The Morgan fingerprint density at radius 1 is 1.17 bits per heavy atom. The summed E-state index contributed by atoms with van der Waals surface area (Å²) < 4.78 is 11.4. The molecule has 5 nitrogen and oxygen atoms in total. The molecule has 3 heterocycles. The van der Waals surface area contributed by atoms with Crippen LogP contribution >= 0.6 is 0 Å². The van der Waals surface area contributed by atoms with Crippen LogP contribution in [0.3, 0.4) is 0 Å². The van der Waals surface area contributed by atoms with Crippen LogP contribution in [0.25, 0.3) is 11.5 Å². The second-order valence-corrected chi connectivity index (χ2v) is 6.14. The van der Waals surface area contributed by atoms with Crippen LogP contribution in [0, 0.1) is 13.8 Å². The van der Waals surface area contributed by atoms with Gasteiger partial charge in [0, 0.05) is 11.7 Å². The highest BCUT2D eigenvalue weighted by Crippen LogP contribution is 2.33. The lowest BCUT2D eigenvalue weighted by Crippen LogP contribution is -2.28. The van der Waals surface area contributed by atoms with Gasteiger partial charge in [-0.1, -0.05) is 18.2 Å². The number of aromatic nitrogens is 2. The van der Waals surface area contributed by atoms with Crippen LogP contribution in [-0.2, 0) is 13.0 Å². The van der Waals surface area contributed by atoms with Gasteiger partial charge in [-0.05, 0) is 44.9 Å². The highest BCUT2D eigenvalue weighted by atomic mass is 16.4. The smallest absolute Gasteiger partial charge is 0.251 e. The average Bonchev–Trinajstić information content (AvgIpc) is 3.19. The Kier molecular flexibility index (Phi) is 3.22. The summed E-state index contributed by atoms with van der Waals surface area (Å²) in [6, 6.07) is 10.9. The van der Waals surface area contributed by atoms with Gasteiger partial charge in [0.2, 0.25) is 5.89 Å². The molecule has 23 heavy (non-hydrogen) atoms. The molecule has 0 saturated heterocycles. The van der Waals surface area contributed by atoms with Gasteiger partial charge in [-0.3, -0.25) is 0 Å². The van der Waals surface area contributed by atoms with Crippen molar-refractivity contribution in [3.8, 4) is 11.5 Å². The molecule has 3 aromatic rings. The molecule has 0 amide bonds. The van der Waals surface area contributed by atoms with Crippen LogP contribution in [0.15, 0.2) is 39.2 Å². The molecule has 0 bridgehead atoms. The molecule has 5 heteroatoms. The van der Waals surface area contributed by atoms with Gasteiger partial charge in [-0.15, -0.1) is 10.2 Å². The molecular weight excluding hydrogens is 290 g/mol. The molecular formula is C18H19N3O2. The number of fused-ring (bicyclic) bond motifs is 1. The number of benzene rings is 1. The number of hydrogen-bond donors (Lipinski definition) is 0. The van der Waals surface area contributed by atoms with Crippen molar-refractivity contribution in [2.45, 2.75) is 39.8 Å². The SMILES string of the molecule is Cc1cc(-c2nnc(CN3c4ccccc4C[C@@H]3C)o2)c(C)o1. The maximum atomic E-state index is 5.87. The summed E-state index contributed by atoms with van der Waals surface area (Å²) in [5.41, 5.74) is 3.51. The van der Waals surface area contributed by atoms with Gasteiger partial charge in [-0.25, -0.2) is 0 Å². The van der Waals surface area contributed by atoms with Gasteiger partial charge in [0.05, 0.1) is 12.1 Å². The number of anilines is 1. The highest BCUT2D eigenvalue weighted by molar-refractivity contribution is 5.59. The van der Waals surface area contributed by atoms with Crippen molar-refractivity contribution in [2.24, 2.45) is 0 Å². The molecule has 0 N–H and O–H groups in total. The zero-order valence-electron chi connectivity index (χ0n) is 13.5. The van der Waals surface area contributed by atoms with E-state index in [1.54, 1.807) is 0 Å². The lowest BCUT2D eigenvalue weighted by atomic mass is 10.1. The minimum atomic E-state index is 0.431. The topological polar surface area (TPSA) is 55.3 Å². The van der Waals surface area contributed by atoms with Gasteiger partial charge in [-0.2, -0.15) is 0 Å². The molecule has 0 unspecified atom stereocenters. The Balaban J connectivity index is 1.60. The first-order valence-electron chi connectivity index (χ1n) is 7.86. The van der Waals surface area contributed by atoms with Crippen LogP contribution in [0.4, 0.5) is 5.69 Å². The van der Waals surface area contributed by atoms with Crippen LogP contribution < -0.4 is 4.90 Å². The van der Waals surface area contributed by atoms with E-state index in [9.17, 15) is 0 Å². The lowest BCUT2D eigenvalue weighted by molar-refractivity contribution is 0.483. The third-order valence-electron chi connectivity index (χ3n) is 4.39. The third-order valence-corrected chi connectivity index (χ3v) is 4.39. The van der Waals surface area contributed by atoms with Crippen molar-refractivity contribution in [1.29, 1.82) is 0 Å². The third kappa shape index (κ3) is 2.42. The summed E-state index contributed by atoms with van der Waals surface area (Å²) >= 11 is 0. The van der Waals surface area contributed by atoms with Crippen LogP contribution in [-0.4, -0.2) is 16.2 Å². The minimum Gasteiger partial charge on any atom is -0.466 e. The van der Waals surface area contributed by atoms with Crippen molar-refractivity contribution < 1.29 is 8.83 Å². The largest absolute Gasteiger partial charge is 0.466 e. The Morgan fingerprint density at radius 2 is 2.00 bits per heavy atom. The highest BCUT2D eigenvalue weighted by Gasteiger charge is 2.27. The van der Waals surface area contributed by atoms with E-state index >= 15 is 0 Å². The van der Waals surface area contributed by atoms with Gasteiger partial charge >= 0.3 is 0 Å². The normalized spacial score (nSPS) is 16.8. The van der Waals surface area contributed by atoms with E-state index in [0.717, 1.165) is 23.5 Å². The second kappa shape index (κ2) is 5.26. The number of hydrogen-bond acceptors (Lipinski definition) is 5. The Labute approximate surface area is 134 Å². The molecule has 0 radical (unpaired) electrons. The summed E-state index contributed by atoms with van der Waals surface area (Å²) in [7, 11) is 0. The molecule has 0 fully saturated rings. The average molecular weight is 309 g/mol. The first-order valence-corrected chi connectivity index (χ1v) is 7.86. The van der Waals surface area contributed by atoms with Gasteiger partial charge in [0.15, 0.2) is 0 Å². The monoisotopic (exact) mass is 309 g/mol. The number of rotatable bonds is 3. The lowest BCUT2D eigenvalue weighted by Gasteiger charge is -2.22. The molecule has 2 aromatic heterocycles. The summed E-state index contributed by atoms with van der Waals surface area (Å²) in [5, 5.41) is 8.39. The summed E-state index contributed by atoms with van der Waals surface area (Å²) in [4.78, 5) is 2.32. The molecule has 1 aromatic carbocycles. The minimum absolute atomic E-state index is 0.431. The standard InChI is InChI=1S/C18H19N3O2/c1-11-8-14-6-4-5-7-16(14)21(11)10-17-19-20-18(23-17)15-9-12(2)22-13(15)3/h4-7,9,11H,8,10H2,1-3H3/t11-/m0/s1. The maximum Gasteiger partial charge on any atom is 0.251 e. The molecule has 1 atom stereocenters. The fourth-order valence-electron chi connectivity index (χ4n) is 3.29. The molecule has 1 aliphatic heterocycles.